The highest BCUT2D eigenvalue weighted by Gasteiger charge is 1.94. The molecule has 134 valence electrons. The maximum absolute atomic E-state index is 8.26. The van der Waals surface area contributed by atoms with E-state index in [1.165, 1.54) is 0 Å². The first-order valence-electron chi connectivity index (χ1n) is 4.64. The van der Waals surface area contributed by atoms with Crippen LogP contribution in [0.5, 0.6) is 0 Å². The van der Waals surface area contributed by atoms with Gasteiger partial charge in [-0.25, -0.2) is 0 Å². The first-order valence-corrected chi connectivity index (χ1v) is 8.53. The van der Waals surface area contributed by atoms with Gasteiger partial charge in [0.15, 0.2) is 0 Å². The van der Waals surface area contributed by atoms with Crippen LogP contribution in [0.4, 0.5) is 0 Å². The molecule has 0 aromatic heterocycles. The van der Waals surface area contributed by atoms with Gasteiger partial charge in [0.25, 0.3) is 0 Å². The van der Waals surface area contributed by atoms with E-state index in [1.54, 1.807) is 0 Å². The topological polar surface area (TPSA) is 121 Å². The molecule has 0 aliphatic carbocycles. The van der Waals surface area contributed by atoms with Gasteiger partial charge in [-0.05, 0) is 0 Å². The Labute approximate surface area is 162 Å². The smallest absolute Gasteiger partial charge is 0.324 e. The third-order valence-corrected chi connectivity index (χ3v) is 2.85. The lowest BCUT2D eigenvalue weighted by molar-refractivity contribution is 0.308. The first-order chi connectivity index (χ1) is 9.66. The van der Waals surface area contributed by atoms with Crippen molar-refractivity contribution in [1.29, 1.82) is 0 Å². The molecule has 6 N–H and O–H groups in total. The van der Waals surface area contributed by atoms with Gasteiger partial charge >= 0.3 is 8.60 Å². The van der Waals surface area contributed by atoms with Crippen molar-refractivity contribution in [2.45, 2.75) is 16.3 Å². The van der Waals surface area contributed by atoms with Gasteiger partial charge in [0.1, 0.15) is 16.3 Å². The van der Waals surface area contributed by atoms with Crippen molar-refractivity contribution in [3.63, 3.8) is 0 Å². The van der Waals surface area contributed by atoms with Crippen LogP contribution in [0.2, 0.25) is 0 Å². The summed E-state index contributed by atoms with van der Waals surface area (Å²) in [4.78, 5) is 21.7. The summed E-state index contributed by atoms with van der Waals surface area (Å²) in [6.45, 7) is 9.58. The van der Waals surface area contributed by atoms with Crippen molar-refractivity contribution in [1.82, 2.24) is 0 Å². The molecule has 0 rings (SSSR count). The van der Waals surface area contributed by atoms with Crippen molar-refractivity contribution in [3.05, 3.63) is 34.8 Å². The summed E-state index contributed by atoms with van der Waals surface area (Å²) in [7, 11) is -2.62. The normalized spacial score (nSPS) is 13.0. The molecule has 0 aromatic rings. The zero-order chi connectivity index (χ0) is 19.0. The van der Waals surface area contributed by atoms with E-state index >= 15 is 0 Å². The lowest BCUT2D eigenvalue weighted by atomic mass is 10.7. The van der Waals surface area contributed by atoms with Crippen LogP contribution in [-0.2, 0) is 0 Å². The predicted octanol–water partition coefficient (Wildman–Crippen LogP) is 2.15. The van der Waals surface area contributed by atoms with Gasteiger partial charge in [0.2, 0.25) is 0 Å². The second-order valence-electron chi connectivity index (χ2n) is 2.73. The summed E-state index contributed by atoms with van der Waals surface area (Å²) in [5.74, 6) is 0. The molecule has 0 amide bonds. The quantitative estimate of drug-likeness (QED) is 0.183. The summed E-state index contributed by atoms with van der Waals surface area (Å²) in [6, 6.07) is 0. The molecule has 0 bridgehead atoms. The third kappa shape index (κ3) is 49.6. The Morgan fingerprint density at radius 2 is 0.727 bits per heavy atom. The van der Waals surface area contributed by atoms with Crippen molar-refractivity contribution < 1.29 is 30.0 Å². The molecule has 22 heavy (non-hydrogen) atoms. The monoisotopic (exact) mass is 454 g/mol. The van der Waals surface area contributed by atoms with Crippen LogP contribution in [0.15, 0.2) is 34.8 Å². The minimum Gasteiger partial charge on any atom is -0.377 e. The van der Waals surface area contributed by atoms with E-state index in [-0.39, 0.29) is 15.1 Å². The van der Waals surface area contributed by atoms with E-state index in [4.69, 9.17) is 64.8 Å². The average molecular weight is 456 g/mol. The number of rotatable bonds is 3. The molecule has 13 heteroatoms. The number of hydrogen-bond donors (Lipinski definition) is 9. The standard InChI is InChI=1S/3C3H5ClOS.H3O3P/c3*1-2(4)3(5)6;1-4(2)3/h3*3,5-6H,1H2;1-3H. The second-order valence-corrected chi connectivity index (χ2v) is 6.19. The molecule has 0 aromatic carbocycles. The lowest BCUT2D eigenvalue weighted by Crippen LogP contribution is -1.91. The summed E-state index contributed by atoms with van der Waals surface area (Å²) >= 11 is 25.8. The molecule has 0 radical (unpaired) electrons. The fourth-order valence-corrected chi connectivity index (χ4v) is 0. The van der Waals surface area contributed by atoms with Gasteiger partial charge in [-0.15, -0.1) is 37.9 Å². The Morgan fingerprint density at radius 1 is 0.682 bits per heavy atom. The Hall–Kier alpha value is 1.33. The number of thiol groups is 3. The molecule has 6 nitrogen and oxygen atoms in total. The summed E-state index contributed by atoms with van der Waals surface area (Å²) < 4.78 is 0. The van der Waals surface area contributed by atoms with Gasteiger partial charge < -0.3 is 30.0 Å². The average Bonchev–Trinajstić information content (AvgIpc) is 2.29. The van der Waals surface area contributed by atoms with Crippen molar-refractivity contribution in [2.75, 3.05) is 0 Å². The maximum atomic E-state index is 8.26. The van der Waals surface area contributed by atoms with Crippen LogP contribution < -0.4 is 0 Å². The van der Waals surface area contributed by atoms with Crippen LogP contribution >= 0.6 is 81.3 Å². The van der Waals surface area contributed by atoms with E-state index in [2.05, 4.69) is 57.6 Å². The summed E-state index contributed by atoms with van der Waals surface area (Å²) in [5.41, 5.74) is -2.65. The molecular weight excluding hydrogens is 438 g/mol. The number of aliphatic hydroxyl groups excluding tert-OH is 3. The first kappa shape index (κ1) is 31.1. The minimum atomic E-state index is -2.62. The Balaban J connectivity index is -0.0000000994. The van der Waals surface area contributed by atoms with Gasteiger partial charge in [-0.1, -0.05) is 54.5 Å². The molecular formula is C9H18Cl3O6PS3. The molecule has 0 saturated carbocycles. The molecule has 3 atom stereocenters. The van der Waals surface area contributed by atoms with Crippen LogP contribution in [-0.4, -0.2) is 46.3 Å². The highest BCUT2D eigenvalue weighted by molar-refractivity contribution is 7.81. The fraction of sp³-hybridized carbons (Fsp3) is 0.333. The SMILES string of the molecule is C=C(Cl)C(O)S.C=C(Cl)C(O)S.C=C(Cl)C(O)S.OP(O)O. The van der Waals surface area contributed by atoms with Gasteiger partial charge in [0.05, 0.1) is 0 Å². The zero-order valence-electron chi connectivity index (χ0n) is 11.0. The minimum absolute atomic E-state index is 0.151. The molecule has 0 fully saturated rings. The number of halogens is 3. The molecule has 0 aliphatic heterocycles. The van der Waals surface area contributed by atoms with E-state index < -0.39 is 24.9 Å². The van der Waals surface area contributed by atoms with Crippen molar-refractivity contribution >= 4 is 81.3 Å². The van der Waals surface area contributed by atoms with E-state index in [1.807, 2.05) is 0 Å². The highest BCUT2D eigenvalue weighted by Crippen LogP contribution is 2.11. The number of hydrogen-bond acceptors (Lipinski definition) is 9. The van der Waals surface area contributed by atoms with E-state index in [0.29, 0.717) is 0 Å². The van der Waals surface area contributed by atoms with Crippen LogP contribution in [0.1, 0.15) is 0 Å². The fourth-order valence-electron chi connectivity index (χ4n) is 0. The van der Waals surface area contributed by atoms with Gasteiger partial charge in [-0.3, -0.25) is 0 Å². The predicted molar refractivity (Wildman–Crippen MR) is 104 cm³/mol. The molecule has 0 saturated heterocycles. The summed E-state index contributed by atoms with van der Waals surface area (Å²) in [5, 5.41) is 25.2. The molecule has 0 spiro atoms. The van der Waals surface area contributed by atoms with Gasteiger partial charge in [0, 0.05) is 15.1 Å². The third-order valence-electron chi connectivity index (χ3n) is 0.840. The Kier molecular flexibility index (Phi) is 28.8. The van der Waals surface area contributed by atoms with Crippen LogP contribution in [0, 0.1) is 0 Å². The van der Waals surface area contributed by atoms with E-state index in [9.17, 15) is 0 Å². The van der Waals surface area contributed by atoms with Gasteiger partial charge in [-0.2, -0.15) is 0 Å². The van der Waals surface area contributed by atoms with Crippen molar-refractivity contribution in [3.8, 4) is 0 Å². The maximum Gasteiger partial charge on any atom is 0.324 e. The zero-order valence-corrected chi connectivity index (χ0v) is 16.8. The summed E-state index contributed by atoms with van der Waals surface area (Å²) in [6.07, 6.45) is 0. The van der Waals surface area contributed by atoms with Crippen LogP contribution in [0.25, 0.3) is 0 Å². The molecule has 0 aliphatic rings. The number of aliphatic hydroxyl groups is 3. The lowest BCUT2D eigenvalue weighted by Gasteiger charge is -1.93. The molecule has 0 heterocycles. The van der Waals surface area contributed by atoms with Crippen molar-refractivity contribution in [2.24, 2.45) is 0 Å². The Bertz CT molecular complexity index is 273. The largest absolute Gasteiger partial charge is 0.377 e. The highest BCUT2D eigenvalue weighted by atomic mass is 35.5. The molecule has 3 unspecified atom stereocenters. The second kappa shape index (κ2) is 20.4. The Morgan fingerprint density at radius 3 is 0.727 bits per heavy atom. The van der Waals surface area contributed by atoms with Crippen LogP contribution in [0.3, 0.4) is 0 Å². The van der Waals surface area contributed by atoms with E-state index in [0.717, 1.165) is 0 Å².